The molecule has 2 atom stereocenters. The van der Waals surface area contributed by atoms with Crippen molar-refractivity contribution in [2.24, 2.45) is 16.7 Å². The molecule has 0 aliphatic heterocycles. The maximum atomic E-state index is 4.14. The molecule has 0 saturated carbocycles. The van der Waals surface area contributed by atoms with E-state index in [1.54, 1.807) is 0 Å². The first-order valence-electron chi connectivity index (χ1n) is 11.2. The first kappa shape index (κ1) is 20.6. The maximum absolute atomic E-state index is 4.14. The SMILES string of the molecule is CC1(C)CC=CC(C2=CCC(C3(C)C=CC=C(c4ccncc4)C=C3)CC=C2)=CC1. The second-order valence-electron chi connectivity index (χ2n) is 9.78. The average Bonchev–Trinajstić information content (AvgIpc) is 3.17. The van der Waals surface area contributed by atoms with Crippen LogP contribution in [-0.4, -0.2) is 4.98 Å². The largest absolute Gasteiger partial charge is 0.265 e. The Morgan fingerprint density at radius 3 is 2.40 bits per heavy atom. The summed E-state index contributed by atoms with van der Waals surface area (Å²) >= 11 is 0. The molecular formula is C29H33N. The van der Waals surface area contributed by atoms with Gasteiger partial charge in [-0.3, -0.25) is 4.98 Å². The molecule has 0 fully saturated rings. The average molecular weight is 396 g/mol. The van der Waals surface area contributed by atoms with E-state index in [4.69, 9.17) is 0 Å². The highest BCUT2D eigenvalue weighted by Gasteiger charge is 2.29. The number of hydrogen-bond acceptors (Lipinski definition) is 1. The first-order chi connectivity index (χ1) is 14.5. The minimum Gasteiger partial charge on any atom is -0.265 e. The third-order valence-electron chi connectivity index (χ3n) is 6.76. The van der Waals surface area contributed by atoms with E-state index < -0.39 is 0 Å². The van der Waals surface area contributed by atoms with Crippen molar-refractivity contribution in [3.63, 3.8) is 0 Å². The number of allylic oxidation sites excluding steroid dienone is 14. The van der Waals surface area contributed by atoms with Gasteiger partial charge in [0.25, 0.3) is 0 Å². The summed E-state index contributed by atoms with van der Waals surface area (Å²) < 4.78 is 0. The van der Waals surface area contributed by atoms with Crippen LogP contribution in [0.2, 0.25) is 0 Å². The number of aromatic nitrogens is 1. The van der Waals surface area contributed by atoms with Crippen molar-refractivity contribution >= 4 is 5.57 Å². The molecule has 4 rings (SSSR count). The van der Waals surface area contributed by atoms with E-state index in [1.165, 1.54) is 22.3 Å². The highest BCUT2D eigenvalue weighted by molar-refractivity contribution is 5.75. The molecule has 1 aromatic heterocycles. The molecule has 3 aliphatic carbocycles. The lowest BCUT2D eigenvalue weighted by atomic mass is 9.73. The minimum atomic E-state index is 0.0389. The second-order valence-corrected chi connectivity index (χ2v) is 9.78. The third kappa shape index (κ3) is 4.73. The number of nitrogens with zero attached hydrogens (tertiary/aromatic N) is 1. The van der Waals surface area contributed by atoms with Crippen LogP contribution in [0.5, 0.6) is 0 Å². The highest BCUT2D eigenvalue weighted by Crippen LogP contribution is 2.41. The van der Waals surface area contributed by atoms with E-state index in [0.717, 1.165) is 25.7 Å². The van der Waals surface area contributed by atoms with Gasteiger partial charge in [-0.1, -0.05) is 87.6 Å². The van der Waals surface area contributed by atoms with Crippen molar-refractivity contribution in [2.75, 3.05) is 0 Å². The molecule has 154 valence electrons. The molecule has 0 aromatic carbocycles. The summed E-state index contributed by atoms with van der Waals surface area (Å²) in [4.78, 5) is 4.14. The van der Waals surface area contributed by atoms with Crippen LogP contribution >= 0.6 is 0 Å². The molecule has 2 unspecified atom stereocenters. The Morgan fingerprint density at radius 2 is 1.57 bits per heavy atom. The molecule has 3 aliphatic rings. The molecule has 1 nitrogen and oxygen atoms in total. The Morgan fingerprint density at radius 1 is 0.800 bits per heavy atom. The van der Waals surface area contributed by atoms with Crippen molar-refractivity contribution in [3.8, 4) is 0 Å². The summed E-state index contributed by atoms with van der Waals surface area (Å²) in [7, 11) is 0. The van der Waals surface area contributed by atoms with Crippen LogP contribution in [-0.2, 0) is 0 Å². The zero-order valence-electron chi connectivity index (χ0n) is 18.5. The van der Waals surface area contributed by atoms with Gasteiger partial charge in [0.15, 0.2) is 0 Å². The van der Waals surface area contributed by atoms with Crippen LogP contribution in [0.4, 0.5) is 0 Å². The Kier molecular flexibility index (Phi) is 5.90. The topological polar surface area (TPSA) is 12.9 Å². The summed E-state index contributed by atoms with van der Waals surface area (Å²) in [5.74, 6) is 0.552. The minimum absolute atomic E-state index is 0.0389. The normalized spacial score (nSPS) is 28.1. The number of rotatable bonds is 3. The number of pyridine rings is 1. The second kappa shape index (κ2) is 8.60. The van der Waals surface area contributed by atoms with Gasteiger partial charge in [0.1, 0.15) is 0 Å². The maximum Gasteiger partial charge on any atom is 0.0273 e. The van der Waals surface area contributed by atoms with Crippen LogP contribution in [0, 0.1) is 16.7 Å². The molecule has 0 radical (unpaired) electrons. The van der Waals surface area contributed by atoms with Crippen molar-refractivity contribution in [3.05, 3.63) is 108 Å². The molecule has 1 aromatic rings. The van der Waals surface area contributed by atoms with E-state index in [2.05, 4.69) is 105 Å². The Balaban J connectivity index is 1.52. The van der Waals surface area contributed by atoms with Gasteiger partial charge in [-0.05, 0) is 71.4 Å². The standard InChI is InChI=1S/C29H33N/c1-28(2)17-5-8-24(13-19-28)23-7-4-10-27(12-11-23)29(3)18-6-9-25(14-20-29)26-15-21-30-22-16-26/h4-9,11,13-16,18,20-22,27H,10,12,17,19H2,1-3H3. The van der Waals surface area contributed by atoms with Gasteiger partial charge in [0.2, 0.25) is 0 Å². The fraction of sp³-hybridized carbons (Fsp3) is 0.345. The first-order valence-corrected chi connectivity index (χ1v) is 11.2. The Bertz CT molecular complexity index is 978. The molecular weight excluding hydrogens is 362 g/mol. The van der Waals surface area contributed by atoms with Crippen molar-refractivity contribution < 1.29 is 0 Å². The molecule has 1 heterocycles. The fourth-order valence-corrected chi connectivity index (χ4v) is 4.52. The third-order valence-corrected chi connectivity index (χ3v) is 6.76. The summed E-state index contributed by atoms with van der Waals surface area (Å²) in [5.41, 5.74) is 5.63. The molecule has 0 N–H and O–H groups in total. The van der Waals surface area contributed by atoms with Gasteiger partial charge >= 0.3 is 0 Å². The van der Waals surface area contributed by atoms with Gasteiger partial charge in [-0.2, -0.15) is 0 Å². The van der Waals surface area contributed by atoms with Crippen LogP contribution in [0.1, 0.15) is 52.0 Å². The van der Waals surface area contributed by atoms with Crippen LogP contribution in [0.25, 0.3) is 5.57 Å². The fourth-order valence-electron chi connectivity index (χ4n) is 4.52. The van der Waals surface area contributed by atoms with Crippen LogP contribution in [0.15, 0.2) is 103 Å². The summed E-state index contributed by atoms with van der Waals surface area (Å²) in [6.45, 7) is 7.07. The molecule has 0 spiro atoms. The van der Waals surface area contributed by atoms with Gasteiger partial charge < -0.3 is 0 Å². The van der Waals surface area contributed by atoms with Gasteiger partial charge in [-0.25, -0.2) is 0 Å². The molecule has 0 bridgehead atoms. The predicted octanol–water partition coefficient (Wildman–Crippen LogP) is 7.79. The van der Waals surface area contributed by atoms with E-state index >= 15 is 0 Å². The van der Waals surface area contributed by atoms with E-state index in [0.29, 0.717) is 11.3 Å². The Hall–Kier alpha value is -2.67. The van der Waals surface area contributed by atoms with Crippen molar-refractivity contribution in [2.45, 2.75) is 46.5 Å². The van der Waals surface area contributed by atoms with Gasteiger partial charge in [0, 0.05) is 17.8 Å². The monoisotopic (exact) mass is 395 g/mol. The highest BCUT2D eigenvalue weighted by atomic mass is 14.6. The lowest BCUT2D eigenvalue weighted by molar-refractivity contribution is 0.331. The van der Waals surface area contributed by atoms with E-state index in [9.17, 15) is 0 Å². The molecule has 0 amide bonds. The van der Waals surface area contributed by atoms with E-state index in [-0.39, 0.29) is 5.41 Å². The van der Waals surface area contributed by atoms with Crippen LogP contribution < -0.4 is 0 Å². The lowest BCUT2D eigenvalue weighted by Gasteiger charge is -2.31. The molecule has 30 heavy (non-hydrogen) atoms. The van der Waals surface area contributed by atoms with E-state index in [1.807, 2.05) is 12.4 Å². The quantitative estimate of drug-likeness (QED) is 0.509. The molecule has 0 saturated heterocycles. The zero-order chi connectivity index (χ0) is 21.0. The molecule has 1 heteroatoms. The van der Waals surface area contributed by atoms with Gasteiger partial charge in [-0.15, -0.1) is 0 Å². The number of hydrogen-bond donors (Lipinski definition) is 0. The summed E-state index contributed by atoms with van der Waals surface area (Å²) in [5, 5.41) is 0. The lowest BCUT2D eigenvalue weighted by Crippen LogP contribution is -2.22. The predicted molar refractivity (Wildman–Crippen MR) is 129 cm³/mol. The Labute approximate surface area is 182 Å². The zero-order valence-corrected chi connectivity index (χ0v) is 18.5. The summed E-state index contributed by atoms with van der Waals surface area (Å²) in [6.07, 6.45) is 34.0. The smallest absolute Gasteiger partial charge is 0.0273 e. The van der Waals surface area contributed by atoms with Crippen molar-refractivity contribution in [1.29, 1.82) is 0 Å². The summed E-state index contributed by atoms with van der Waals surface area (Å²) in [6, 6.07) is 4.15. The van der Waals surface area contributed by atoms with Crippen LogP contribution in [0.3, 0.4) is 0 Å². The van der Waals surface area contributed by atoms with Gasteiger partial charge in [0.05, 0.1) is 0 Å². The van der Waals surface area contributed by atoms with Crippen molar-refractivity contribution in [1.82, 2.24) is 4.98 Å².